The number of hydrogen-bond acceptors (Lipinski definition) is 3. The van der Waals surface area contributed by atoms with Gasteiger partial charge in [-0.05, 0) is 40.1 Å². The van der Waals surface area contributed by atoms with Gasteiger partial charge in [-0.15, -0.1) is 0 Å². The van der Waals surface area contributed by atoms with Crippen molar-refractivity contribution < 1.29 is 9.53 Å². The van der Waals surface area contributed by atoms with Crippen LogP contribution in [0.3, 0.4) is 0 Å². The number of carbonyl (C=O) groups excluding carboxylic acids is 1. The minimum absolute atomic E-state index is 0.0193. The lowest BCUT2D eigenvalue weighted by Gasteiger charge is -2.32. The van der Waals surface area contributed by atoms with E-state index in [2.05, 4.69) is 24.1 Å². The minimum atomic E-state index is -0.0457. The van der Waals surface area contributed by atoms with Crippen molar-refractivity contribution in [3.8, 4) is 5.75 Å². The van der Waals surface area contributed by atoms with Crippen LogP contribution < -0.4 is 10.1 Å². The summed E-state index contributed by atoms with van der Waals surface area (Å²) in [6.07, 6.45) is 0.373. The molecule has 0 atom stereocenters. The van der Waals surface area contributed by atoms with Gasteiger partial charge in [0.1, 0.15) is 5.75 Å². The van der Waals surface area contributed by atoms with E-state index in [1.165, 1.54) is 0 Å². The Hall–Kier alpha value is -1.55. The average Bonchev–Trinajstić information content (AvgIpc) is 2.37. The first-order chi connectivity index (χ1) is 8.92. The van der Waals surface area contributed by atoms with Crippen LogP contribution >= 0.6 is 0 Å². The minimum Gasteiger partial charge on any atom is -0.493 e. The Morgan fingerprint density at radius 1 is 1.26 bits per heavy atom. The molecule has 106 valence electrons. The van der Waals surface area contributed by atoms with Gasteiger partial charge in [0.15, 0.2) is 0 Å². The summed E-state index contributed by atoms with van der Waals surface area (Å²) in [6, 6.07) is 9.52. The summed E-state index contributed by atoms with van der Waals surface area (Å²) in [4.78, 5) is 13.8. The fourth-order valence-corrected chi connectivity index (χ4v) is 1.34. The molecule has 4 nitrogen and oxygen atoms in total. The number of nitrogens with zero attached hydrogens (tertiary/aromatic N) is 1. The molecule has 1 amide bonds. The lowest BCUT2D eigenvalue weighted by molar-refractivity contribution is -0.122. The highest BCUT2D eigenvalue weighted by atomic mass is 16.5. The van der Waals surface area contributed by atoms with Gasteiger partial charge in [-0.1, -0.05) is 18.2 Å². The molecule has 0 aromatic heterocycles. The Morgan fingerprint density at radius 3 is 2.47 bits per heavy atom. The number of benzene rings is 1. The van der Waals surface area contributed by atoms with E-state index in [0.717, 1.165) is 5.75 Å². The Bertz CT molecular complexity index is 388. The zero-order valence-corrected chi connectivity index (χ0v) is 12.3. The summed E-state index contributed by atoms with van der Waals surface area (Å²) in [5.41, 5.74) is -0.0457. The Kier molecular flexibility index (Phi) is 5.83. The van der Waals surface area contributed by atoms with Crippen LogP contribution in [0.25, 0.3) is 0 Å². The summed E-state index contributed by atoms with van der Waals surface area (Å²) in [7, 11) is 4.01. The third-order valence-corrected chi connectivity index (χ3v) is 3.27. The number of amides is 1. The molecule has 0 bridgehead atoms. The van der Waals surface area contributed by atoms with E-state index in [4.69, 9.17) is 4.74 Å². The SMILES string of the molecule is CN(C)C(C)(C)CNC(=O)CCOc1ccccc1. The fraction of sp³-hybridized carbons (Fsp3) is 0.533. The molecule has 0 fully saturated rings. The maximum atomic E-state index is 11.7. The first-order valence-corrected chi connectivity index (χ1v) is 6.54. The van der Waals surface area contributed by atoms with E-state index >= 15 is 0 Å². The predicted octanol–water partition coefficient (Wildman–Crippen LogP) is 1.91. The maximum Gasteiger partial charge on any atom is 0.223 e. The van der Waals surface area contributed by atoms with Gasteiger partial charge in [0.25, 0.3) is 0 Å². The topological polar surface area (TPSA) is 41.6 Å². The van der Waals surface area contributed by atoms with E-state index in [1.807, 2.05) is 44.4 Å². The standard InChI is InChI=1S/C15H24N2O2/c1-15(2,17(3)4)12-16-14(18)10-11-19-13-8-6-5-7-9-13/h5-9H,10-12H2,1-4H3,(H,16,18). The molecule has 19 heavy (non-hydrogen) atoms. The van der Waals surface area contributed by atoms with Crippen molar-refractivity contribution in [2.24, 2.45) is 0 Å². The highest BCUT2D eigenvalue weighted by Crippen LogP contribution is 2.09. The second-order valence-electron chi connectivity index (χ2n) is 5.40. The fourth-order valence-electron chi connectivity index (χ4n) is 1.34. The van der Waals surface area contributed by atoms with Gasteiger partial charge >= 0.3 is 0 Å². The van der Waals surface area contributed by atoms with Gasteiger partial charge in [0.2, 0.25) is 5.91 Å². The largest absolute Gasteiger partial charge is 0.493 e. The number of hydrogen-bond donors (Lipinski definition) is 1. The van der Waals surface area contributed by atoms with Crippen molar-refractivity contribution >= 4 is 5.91 Å². The third-order valence-electron chi connectivity index (χ3n) is 3.27. The molecule has 0 unspecified atom stereocenters. The van der Waals surface area contributed by atoms with Crippen LogP contribution in [0.15, 0.2) is 30.3 Å². The van der Waals surface area contributed by atoms with Crippen LogP contribution in [0, 0.1) is 0 Å². The highest BCUT2D eigenvalue weighted by Gasteiger charge is 2.20. The molecule has 1 N–H and O–H groups in total. The van der Waals surface area contributed by atoms with Crippen molar-refractivity contribution in [1.82, 2.24) is 10.2 Å². The molecule has 1 rings (SSSR count). The molecule has 0 aliphatic rings. The second-order valence-corrected chi connectivity index (χ2v) is 5.40. The van der Waals surface area contributed by atoms with Crippen LogP contribution in [-0.4, -0.2) is 43.6 Å². The third kappa shape index (κ3) is 5.75. The summed E-state index contributed by atoms with van der Waals surface area (Å²) in [5.74, 6) is 0.815. The quantitative estimate of drug-likeness (QED) is 0.818. The van der Waals surface area contributed by atoms with Gasteiger partial charge in [-0.25, -0.2) is 0 Å². The monoisotopic (exact) mass is 264 g/mol. The van der Waals surface area contributed by atoms with Crippen molar-refractivity contribution in [3.63, 3.8) is 0 Å². The van der Waals surface area contributed by atoms with Gasteiger partial charge < -0.3 is 15.0 Å². The van der Waals surface area contributed by atoms with Crippen molar-refractivity contribution in [1.29, 1.82) is 0 Å². The molecule has 0 heterocycles. The summed E-state index contributed by atoms with van der Waals surface area (Å²) in [6.45, 7) is 5.21. The molecule has 0 spiro atoms. The number of para-hydroxylation sites is 1. The van der Waals surface area contributed by atoms with Crippen LogP contribution in [-0.2, 0) is 4.79 Å². The summed E-state index contributed by atoms with van der Waals surface area (Å²) >= 11 is 0. The normalized spacial score (nSPS) is 11.4. The van der Waals surface area contributed by atoms with Crippen LogP contribution in [0.5, 0.6) is 5.75 Å². The molecular weight excluding hydrogens is 240 g/mol. The first kappa shape index (κ1) is 15.5. The Balaban J connectivity index is 2.22. The molecule has 0 saturated heterocycles. The van der Waals surface area contributed by atoms with E-state index in [9.17, 15) is 4.79 Å². The maximum absolute atomic E-state index is 11.7. The lowest BCUT2D eigenvalue weighted by atomic mass is 10.0. The van der Waals surface area contributed by atoms with E-state index < -0.39 is 0 Å². The molecule has 0 aliphatic carbocycles. The van der Waals surface area contributed by atoms with Crippen LogP contribution in [0.4, 0.5) is 0 Å². The van der Waals surface area contributed by atoms with Crippen molar-refractivity contribution in [2.45, 2.75) is 25.8 Å². The second kappa shape index (κ2) is 7.14. The number of nitrogens with one attached hydrogen (secondary N) is 1. The Morgan fingerprint density at radius 2 is 1.89 bits per heavy atom. The first-order valence-electron chi connectivity index (χ1n) is 6.54. The highest BCUT2D eigenvalue weighted by molar-refractivity contribution is 5.76. The molecule has 4 heteroatoms. The zero-order chi connectivity index (χ0) is 14.3. The molecule has 0 saturated carbocycles. The predicted molar refractivity (Wildman–Crippen MR) is 77.3 cm³/mol. The summed E-state index contributed by atoms with van der Waals surface area (Å²) in [5, 5.41) is 2.93. The van der Waals surface area contributed by atoms with Crippen molar-refractivity contribution in [3.05, 3.63) is 30.3 Å². The van der Waals surface area contributed by atoms with E-state index in [0.29, 0.717) is 19.6 Å². The Labute approximate surface area is 115 Å². The lowest BCUT2D eigenvalue weighted by Crippen LogP contribution is -2.48. The summed E-state index contributed by atoms with van der Waals surface area (Å²) < 4.78 is 5.48. The number of ether oxygens (including phenoxy) is 1. The van der Waals surface area contributed by atoms with E-state index in [1.54, 1.807) is 0 Å². The number of rotatable bonds is 7. The zero-order valence-electron chi connectivity index (χ0n) is 12.3. The van der Waals surface area contributed by atoms with Gasteiger partial charge in [-0.3, -0.25) is 4.79 Å². The number of carbonyl (C=O) groups is 1. The molecule has 1 aromatic rings. The molecule has 0 aliphatic heterocycles. The molecule has 0 radical (unpaired) electrons. The average molecular weight is 264 g/mol. The van der Waals surface area contributed by atoms with Gasteiger partial charge in [-0.2, -0.15) is 0 Å². The van der Waals surface area contributed by atoms with Gasteiger partial charge in [0, 0.05) is 12.1 Å². The number of likely N-dealkylation sites (N-methyl/N-ethyl adjacent to an activating group) is 1. The molecule has 1 aromatic carbocycles. The molecular formula is C15H24N2O2. The van der Waals surface area contributed by atoms with Crippen molar-refractivity contribution in [2.75, 3.05) is 27.2 Å². The van der Waals surface area contributed by atoms with Crippen LogP contribution in [0.1, 0.15) is 20.3 Å². The van der Waals surface area contributed by atoms with E-state index in [-0.39, 0.29) is 11.4 Å². The van der Waals surface area contributed by atoms with Gasteiger partial charge in [0.05, 0.1) is 13.0 Å². The van der Waals surface area contributed by atoms with Crippen LogP contribution in [0.2, 0.25) is 0 Å². The smallest absolute Gasteiger partial charge is 0.223 e.